The Kier molecular flexibility index (Phi) is 5.50. The van der Waals surface area contributed by atoms with Crippen molar-refractivity contribution in [3.05, 3.63) is 47.0 Å². The molecule has 132 valence electrons. The molecule has 0 radical (unpaired) electrons. The van der Waals surface area contributed by atoms with Crippen molar-refractivity contribution in [3.8, 4) is 17.2 Å². The van der Waals surface area contributed by atoms with Crippen molar-refractivity contribution in [2.24, 2.45) is 10.7 Å². The van der Waals surface area contributed by atoms with Gasteiger partial charge in [0.05, 0.1) is 31.9 Å². The Bertz CT molecular complexity index is 780. The first-order valence-corrected chi connectivity index (χ1v) is 8.33. The number of hydrogen-bond acceptors (Lipinski definition) is 4. The number of anilines is 1. The number of nitrogens with zero attached hydrogens (tertiary/aromatic N) is 1. The van der Waals surface area contributed by atoms with Crippen molar-refractivity contribution in [2.45, 2.75) is 13.0 Å². The van der Waals surface area contributed by atoms with Crippen LogP contribution in [0.4, 0.5) is 5.69 Å². The molecule has 0 spiro atoms. The average Bonchev–Trinajstić information content (AvgIpc) is 2.86. The van der Waals surface area contributed by atoms with Gasteiger partial charge in [-0.2, -0.15) is 0 Å². The topological polar surface area (TPSA) is 78.1 Å². The summed E-state index contributed by atoms with van der Waals surface area (Å²) in [6.45, 7) is 1.67. The molecule has 2 aromatic rings. The molecule has 0 aliphatic carbocycles. The largest absolute Gasteiger partial charge is 0.495 e. The molecule has 0 saturated heterocycles. The quantitative estimate of drug-likeness (QED) is 0.644. The van der Waals surface area contributed by atoms with Gasteiger partial charge in [-0.1, -0.05) is 23.7 Å². The number of methoxy groups -OCH3 is 1. The van der Waals surface area contributed by atoms with Crippen LogP contribution in [0.25, 0.3) is 0 Å². The van der Waals surface area contributed by atoms with Gasteiger partial charge in [0.2, 0.25) is 0 Å². The van der Waals surface area contributed by atoms with E-state index in [4.69, 9.17) is 31.5 Å². The van der Waals surface area contributed by atoms with E-state index >= 15 is 0 Å². The molecular formula is C18H20ClN3O3. The number of para-hydroxylation sites is 1. The lowest BCUT2D eigenvalue weighted by Gasteiger charge is -2.12. The molecule has 1 aliphatic heterocycles. The lowest BCUT2D eigenvalue weighted by molar-refractivity contribution is 0.296. The maximum Gasteiger partial charge on any atom is 0.193 e. The number of fused-ring (bicyclic) bond motifs is 1. The average molecular weight is 362 g/mol. The van der Waals surface area contributed by atoms with Crippen LogP contribution in [-0.2, 0) is 6.54 Å². The summed E-state index contributed by atoms with van der Waals surface area (Å²) in [5, 5.41) is 3.51. The van der Waals surface area contributed by atoms with Gasteiger partial charge in [-0.3, -0.25) is 0 Å². The van der Waals surface area contributed by atoms with Crippen LogP contribution < -0.4 is 25.3 Å². The summed E-state index contributed by atoms with van der Waals surface area (Å²) in [6.07, 6.45) is 0.860. The van der Waals surface area contributed by atoms with Crippen LogP contribution >= 0.6 is 11.6 Å². The van der Waals surface area contributed by atoms with Gasteiger partial charge in [0, 0.05) is 17.7 Å². The first-order valence-electron chi connectivity index (χ1n) is 7.95. The van der Waals surface area contributed by atoms with E-state index < -0.39 is 0 Å². The summed E-state index contributed by atoms with van der Waals surface area (Å²) >= 11 is 6.10. The first kappa shape index (κ1) is 17.2. The standard InChI is InChI=1S/C18H20ClN3O3/c1-23-15-7-6-13(10-14(15)19)22-18(20)21-11-12-4-2-5-16-17(12)25-9-3-8-24-16/h2,4-7,10H,3,8-9,11H2,1H3,(H3,20,21,22). The Hall–Kier alpha value is -2.60. The van der Waals surface area contributed by atoms with E-state index in [1.54, 1.807) is 19.2 Å². The van der Waals surface area contributed by atoms with Crippen LogP contribution in [0.15, 0.2) is 41.4 Å². The molecule has 0 bridgehead atoms. The van der Waals surface area contributed by atoms with Gasteiger partial charge in [-0.15, -0.1) is 0 Å². The van der Waals surface area contributed by atoms with E-state index in [0.29, 0.717) is 30.5 Å². The number of nitrogens with two attached hydrogens (primary N) is 1. The van der Waals surface area contributed by atoms with Crippen molar-refractivity contribution in [2.75, 3.05) is 25.6 Å². The summed E-state index contributed by atoms with van der Waals surface area (Å²) in [6, 6.07) is 11.1. The van der Waals surface area contributed by atoms with Gasteiger partial charge in [-0.05, 0) is 24.3 Å². The van der Waals surface area contributed by atoms with E-state index in [9.17, 15) is 0 Å². The van der Waals surface area contributed by atoms with Crippen LogP contribution in [0.3, 0.4) is 0 Å². The Morgan fingerprint density at radius 2 is 2.12 bits per heavy atom. The fourth-order valence-corrected chi connectivity index (χ4v) is 2.74. The van der Waals surface area contributed by atoms with E-state index in [1.165, 1.54) is 0 Å². The maximum absolute atomic E-state index is 6.10. The van der Waals surface area contributed by atoms with Crippen LogP contribution in [-0.4, -0.2) is 26.3 Å². The number of hydrogen-bond donors (Lipinski definition) is 2. The molecule has 1 heterocycles. The van der Waals surface area contributed by atoms with Gasteiger partial charge in [0.1, 0.15) is 5.75 Å². The summed E-state index contributed by atoms with van der Waals surface area (Å²) in [5.74, 6) is 2.38. The second-order valence-electron chi connectivity index (χ2n) is 5.47. The number of nitrogens with one attached hydrogen (secondary N) is 1. The first-order chi connectivity index (χ1) is 12.2. The molecule has 0 atom stereocenters. The highest BCUT2D eigenvalue weighted by Crippen LogP contribution is 2.33. The lowest BCUT2D eigenvalue weighted by atomic mass is 10.2. The minimum absolute atomic E-state index is 0.286. The molecule has 6 nitrogen and oxygen atoms in total. The second-order valence-corrected chi connectivity index (χ2v) is 5.88. The Balaban J connectivity index is 1.71. The molecule has 1 aliphatic rings. The van der Waals surface area contributed by atoms with Gasteiger partial charge in [-0.25, -0.2) is 4.99 Å². The Labute approximate surface area is 151 Å². The molecule has 3 N–H and O–H groups in total. The van der Waals surface area contributed by atoms with Crippen molar-refractivity contribution in [1.82, 2.24) is 0 Å². The minimum Gasteiger partial charge on any atom is -0.495 e. The van der Waals surface area contributed by atoms with Crippen molar-refractivity contribution in [3.63, 3.8) is 0 Å². The monoisotopic (exact) mass is 361 g/mol. The SMILES string of the molecule is COc1ccc(NC(N)=NCc2cccc3c2OCCCO3)cc1Cl. The van der Waals surface area contributed by atoms with Crippen LogP contribution in [0.5, 0.6) is 17.2 Å². The zero-order valence-corrected chi connectivity index (χ0v) is 14.7. The maximum atomic E-state index is 6.10. The predicted octanol–water partition coefficient (Wildman–Crippen LogP) is 3.44. The summed E-state index contributed by atoms with van der Waals surface area (Å²) in [5.41, 5.74) is 7.64. The summed E-state index contributed by atoms with van der Waals surface area (Å²) in [4.78, 5) is 4.37. The number of halogens is 1. The van der Waals surface area contributed by atoms with Crippen LogP contribution in [0.2, 0.25) is 5.02 Å². The Morgan fingerprint density at radius 1 is 1.28 bits per heavy atom. The smallest absolute Gasteiger partial charge is 0.193 e. The molecule has 2 aromatic carbocycles. The third-order valence-electron chi connectivity index (χ3n) is 3.70. The highest BCUT2D eigenvalue weighted by atomic mass is 35.5. The molecular weight excluding hydrogens is 342 g/mol. The normalized spacial score (nSPS) is 13.9. The van der Waals surface area contributed by atoms with Crippen LogP contribution in [0.1, 0.15) is 12.0 Å². The molecule has 3 rings (SSSR count). The number of guanidine groups is 1. The fourth-order valence-electron chi connectivity index (χ4n) is 2.48. The third kappa shape index (κ3) is 4.28. The zero-order chi connectivity index (χ0) is 17.6. The summed E-state index contributed by atoms with van der Waals surface area (Å²) in [7, 11) is 1.57. The van der Waals surface area contributed by atoms with E-state index in [2.05, 4.69) is 10.3 Å². The molecule has 0 unspecified atom stereocenters. The lowest BCUT2D eigenvalue weighted by Crippen LogP contribution is -2.22. The third-order valence-corrected chi connectivity index (χ3v) is 3.99. The minimum atomic E-state index is 0.286. The molecule has 25 heavy (non-hydrogen) atoms. The molecule has 0 aromatic heterocycles. The number of ether oxygens (including phenoxy) is 3. The van der Waals surface area contributed by atoms with Gasteiger partial charge < -0.3 is 25.3 Å². The van der Waals surface area contributed by atoms with E-state index in [1.807, 2.05) is 24.3 Å². The van der Waals surface area contributed by atoms with Gasteiger partial charge in [0.25, 0.3) is 0 Å². The predicted molar refractivity (Wildman–Crippen MR) is 99.0 cm³/mol. The van der Waals surface area contributed by atoms with Gasteiger partial charge in [0.15, 0.2) is 17.5 Å². The highest BCUT2D eigenvalue weighted by Gasteiger charge is 2.14. The fraction of sp³-hybridized carbons (Fsp3) is 0.278. The van der Waals surface area contributed by atoms with E-state index in [-0.39, 0.29) is 5.96 Å². The van der Waals surface area contributed by atoms with Crippen LogP contribution in [0, 0.1) is 0 Å². The van der Waals surface area contributed by atoms with E-state index in [0.717, 1.165) is 29.2 Å². The number of rotatable bonds is 4. The molecule has 0 fully saturated rings. The molecule has 0 amide bonds. The van der Waals surface area contributed by atoms with Gasteiger partial charge >= 0.3 is 0 Å². The highest BCUT2D eigenvalue weighted by molar-refractivity contribution is 6.32. The molecule has 0 saturated carbocycles. The zero-order valence-electron chi connectivity index (χ0n) is 13.9. The molecule has 7 heteroatoms. The second kappa shape index (κ2) is 7.98. The van der Waals surface area contributed by atoms with Crippen molar-refractivity contribution >= 4 is 23.2 Å². The number of aliphatic imine (C=N–C) groups is 1. The van der Waals surface area contributed by atoms with Crippen molar-refractivity contribution < 1.29 is 14.2 Å². The Morgan fingerprint density at radius 3 is 2.92 bits per heavy atom. The summed E-state index contributed by atoms with van der Waals surface area (Å²) < 4.78 is 16.6. The number of benzene rings is 2. The van der Waals surface area contributed by atoms with Crippen molar-refractivity contribution in [1.29, 1.82) is 0 Å².